The van der Waals surface area contributed by atoms with Gasteiger partial charge in [0.2, 0.25) is 0 Å². The van der Waals surface area contributed by atoms with Gasteiger partial charge in [-0.2, -0.15) is 0 Å². The molecule has 0 radical (unpaired) electrons. The molecule has 0 spiro atoms. The molecule has 0 aromatic rings. The highest BCUT2D eigenvalue weighted by molar-refractivity contribution is 5.03. The standard InChI is InChI=1S/C17H35NO/c1-12(2)10-19-15-9-14(17(15,7)8)18-11-16(5,6)13(3)4/h12-15,18H,9-11H2,1-8H3. The van der Waals surface area contributed by atoms with Crippen molar-refractivity contribution in [2.45, 2.75) is 74.0 Å². The summed E-state index contributed by atoms with van der Waals surface area (Å²) in [6, 6.07) is 0.600. The van der Waals surface area contributed by atoms with Crippen molar-refractivity contribution < 1.29 is 4.74 Å². The van der Waals surface area contributed by atoms with Crippen LogP contribution in [0.5, 0.6) is 0 Å². The van der Waals surface area contributed by atoms with Gasteiger partial charge in [0.05, 0.1) is 6.10 Å². The maximum atomic E-state index is 6.02. The zero-order valence-electron chi connectivity index (χ0n) is 14.3. The fourth-order valence-corrected chi connectivity index (χ4v) is 2.41. The van der Waals surface area contributed by atoms with Crippen molar-refractivity contribution in [1.29, 1.82) is 0 Å². The van der Waals surface area contributed by atoms with Crippen LogP contribution in [0.1, 0.15) is 61.8 Å². The van der Waals surface area contributed by atoms with Crippen LogP contribution in [0.15, 0.2) is 0 Å². The zero-order valence-corrected chi connectivity index (χ0v) is 14.3. The van der Waals surface area contributed by atoms with Gasteiger partial charge in [0.15, 0.2) is 0 Å². The van der Waals surface area contributed by atoms with Crippen LogP contribution in [0.4, 0.5) is 0 Å². The molecule has 19 heavy (non-hydrogen) atoms. The van der Waals surface area contributed by atoms with Gasteiger partial charge in [0, 0.05) is 24.6 Å². The van der Waals surface area contributed by atoms with E-state index < -0.39 is 0 Å². The molecule has 0 aromatic carbocycles. The van der Waals surface area contributed by atoms with Gasteiger partial charge in [0.1, 0.15) is 0 Å². The van der Waals surface area contributed by atoms with Gasteiger partial charge in [-0.1, -0.05) is 55.4 Å². The first-order valence-corrected chi connectivity index (χ1v) is 7.92. The summed E-state index contributed by atoms with van der Waals surface area (Å²) in [5, 5.41) is 3.77. The smallest absolute Gasteiger partial charge is 0.0656 e. The fourth-order valence-electron chi connectivity index (χ4n) is 2.41. The van der Waals surface area contributed by atoms with Crippen molar-refractivity contribution in [1.82, 2.24) is 5.32 Å². The van der Waals surface area contributed by atoms with Crippen LogP contribution in [0.25, 0.3) is 0 Å². The minimum Gasteiger partial charge on any atom is -0.377 e. The molecule has 1 fully saturated rings. The van der Waals surface area contributed by atoms with E-state index >= 15 is 0 Å². The van der Waals surface area contributed by atoms with Crippen LogP contribution in [0, 0.1) is 22.7 Å². The van der Waals surface area contributed by atoms with Crippen LogP contribution in [-0.2, 0) is 4.74 Å². The van der Waals surface area contributed by atoms with Crippen LogP contribution in [-0.4, -0.2) is 25.3 Å². The summed E-state index contributed by atoms with van der Waals surface area (Å²) in [6.45, 7) is 20.4. The van der Waals surface area contributed by atoms with Crippen molar-refractivity contribution in [3.8, 4) is 0 Å². The summed E-state index contributed by atoms with van der Waals surface area (Å²) in [4.78, 5) is 0. The van der Waals surface area contributed by atoms with Gasteiger partial charge >= 0.3 is 0 Å². The van der Waals surface area contributed by atoms with Crippen molar-refractivity contribution in [2.75, 3.05) is 13.2 Å². The third-order valence-corrected chi connectivity index (χ3v) is 5.18. The average Bonchev–Trinajstić information content (AvgIpc) is 2.26. The molecule has 2 atom stereocenters. The lowest BCUT2D eigenvalue weighted by atomic mass is 9.64. The van der Waals surface area contributed by atoms with Crippen LogP contribution in [0.2, 0.25) is 0 Å². The first kappa shape index (κ1) is 17.0. The predicted molar refractivity (Wildman–Crippen MR) is 83.4 cm³/mol. The van der Waals surface area contributed by atoms with E-state index in [-0.39, 0.29) is 5.41 Å². The van der Waals surface area contributed by atoms with Crippen LogP contribution < -0.4 is 5.32 Å². The molecule has 0 aromatic heterocycles. The van der Waals surface area contributed by atoms with Crippen molar-refractivity contribution in [2.24, 2.45) is 22.7 Å². The first-order chi connectivity index (χ1) is 8.57. The lowest BCUT2D eigenvalue weighted by Gasteiger charge is -2.53. The summed E-state index contributed by atoms with van der Waals surface area (Å²) in [5.41, 5.74) is 0.627. The monoisotopic (exact) mass is 269 g/mol. The lowest BCUT2D eigenvalue weighted by Crippen LogP contribution is -2.62. The highest BCUT2D eigenvalue weighted by Gasteiger charge is 2.49. The molecule has 0 bridgehead atoms. The molecule has 2 heteroatoms. The third kappa shape index (κ3) is 4.19. The fraction of sp³-hybridized carbons (Fsp3) is 1.00. The highest BCUT2D eigenvalue weighted by Crippen LogP contribution is 2.43. The Morgan fingerprint density at radius 2 is 1.79 bits per heavy atom. The Labute approximate surface area is 120 Å². The predicted octanol–water partition coefficient (Wildman–Crippen LogP) is 4.10. The van der Waals surface area contributed by atoms with E-state index in [1.54, 1.807) is 0 Å². The van der Waals surface area contributed by atoms with E-state index in [9.17, 15) is 0 Å². The Morgan fingerprint density at radius 3 is 2.21 bits per heavy atom. The SMILES string of the molecule is CC(C)COC1CC(NCC(C)(C)C(C)C)C1(C)C. The second-order valence-electron chi connectivity index (χ2n) is 8.35. The maximum absolute atomic E-state index is 6.02. The topological polar surface area (TPSA) is 21.3 Å². The van der Waals surface area contributed by atoms with Gasteiger partial charge in [-0.3, -0.25) is 0 Å². The highest BCUT2D eigenvalue weighted by atomic mass is 16.5. The van der Waals surface area contributed by atoms with E-state index in [0.29, 0.717) is 29.4 Å². The van der Waals surface area contributed by atoms with Gasteiger partial charge < -0.3 is 10.1 Å². The minimum atomic E-state index is 0.266. The molecular formula is C17H35NO. The molecule has 0 heterocycles. The third-order valence-electron chi connectivity index (χ3n) is 5.18. The lowest BCUT2D eigenvalue weighted by molar-refractivity contribution is -0.125. The van der Waals surface area contributed by atoms with Gasteiger partial charge in [-0.25, -0.2) is 0 Å². The van der Waals surface area contributed by atoms with Crippen molar-refractivity contribution in [3.05, 3.63) is 0 Å². The summed E-state index contributed by atoms with van der Waals surface area (Å²) >= 11 is 0. The second kappa shape index (κ2) is 6.13. The van der Waals surface area contributed by atoms with Gasteiger partial charge in [0.25, 0.3) is 0 Å². The Bertz CT molecular complexity index is 281. The summed E-state index contributed by atoms with van der Waals surface area (Å²) in [5.74, 6) is 1.33. The maximum Gasteiger partial charge on any atom is 0.0656 e. The first-order valence-electron chi connectivity index (χ1n) is 7.92. The molecule has 0 aliphatic heterocycles. The number of hydrogen-bond donors (Lipinski definition) is 1. The molecule has 1 aliphatic rings. The van der Waals surface area contributed by atoms with Crippen molar-refractivity contribution >= 4 is 0 Å². The normalized spacial score (nSPS) is 26.8. The van der Waals surface area contributed by atoms with E-state index in [1.807, 2.05) is 0 Å². The molecule has 2 unspecified atom stereocenters. The Morgan fingerprint density at radius 1 is 1.21 bits per heavy atom. The molecule has 0 saturated heterocycles. The number of nitrogens with one attached hydrogen (secondary N) is 1. The number of ether oxygens (including phenoxy) is 1. The Balaban J connectivity index is 2.39. The van der Waals surface area contributed by atoms with Crippen molar-refractivity contribution in [3.63, 3.8) is 0 Å². The average molecular weight is 269 g/mol. The molecule has 1 aliphatic carbocycles. The molecule has 114 valence electrons. The van der Waals surface area contributed by atoms with Gasteiger partial charge in [-0.05, 0) is 23.7 Å². The summed E-state index contributed by atoms with van der Waals surface area (Å²) < 4.78 is 6.02. The Kier molecular flexibility index (Phi) is 5.48. The van der Waals surface area contributed by atoms with E-state index in [0.717, 1.165) is 19.6 Å². The van der Waals surface area contributed by atoms with Gasteiger partial charge in [-0.15, -0.1) is 0 Å². The van der Waals surface area contributed by atoms with E-state index in [1.165, 1.54) is 0 Å². The molecule has 1 rings (SSSR count). The van der Waals surface area contributed by atoms with Crippen LogP contribution >= 0.6 is 0 Å². The van der Waals surface area contributed by atoms with E-state index in [2.05, 4.69) is 60.7 Å². The molecule has 1 N–H and O–H groups in total. The Hall–Kier alpha value is -0.0800. The molecule has 1 saturated carbocycles. The number of hydrogen-bond acceptors (Lipinski definition) is 2. The number of rotatable bonds is 7. The summed E-state index contributed by atoms with van der Waals surface area (Å²) in [6.07, 6.45) is 1.59. The molecular weight excluding hydrogens is 234 g/mol. The molecule has 0 amide bonds. The summed E-state index contributed by atoms with van der Waals surface area (Å²) in [7, 11) is 0. The second-order valence-corrected chi connectivity index (χ2v) is 8.35. The zero-order chi connectivity index (χ0) is 14.8. The van der Waals surface area contributed by atoms with E-state index in [4.69, 9.17) is 4.74 Å². The largest absolute Gasteiger partial charge is 0.377 e. The van der Waals surface area contributed by atoms with Crippen LogP contribution in [0.3, 0.4) is 0 Å². The minimum absolute atomic E-state index is 0.266. The quantitative estimate of drug-likeness (QED) is 0.751. The molecule has 2 nitrogen and oxygen atoms in total.